The number of hydrogen-bond donors (Lipinski definition) is 2. The molecule has 1 aliphatic rings. The summed E-state index contributed by atoms with van der Waals surface area (Å²) < 4.78 is 0. The Morgan fingerprint density at radius 2 is 1.81 bits per heavy atom. The lowest BCUT2D eigenvalue weighted by Gasteiger charge is -2.34. The molecule has 168 valence electrons. The van der Waals surface area contributed by atoms with Gasteiger partial charge >= 0.3 is 0 Å². The number of aromatic amines is 1. The summed E-state index contributed by atoms with van der Waals surface area (Å²) in [6.07, 6.45) is 0.933. The second-order valence-corrected chi connectivity index (χ2v) is 8.89. The van der Waals surface area contributed by atoms with E-state index >= 15 is 0 Å². The third-order valence-electron chi connectivity index (χ3n) is 5.58. The van der Waals surface area contributed by atoms with Crippen molar-refractivity contribution < 1.29 is 9.59 Å². The molecule has 32 heavy (non-hydrogen) atoms. The first-order valence-corrected chi connectivity index (χ1v) is 12.1. The monoisotopic (exact) mass is 451 g/mol. The van der Waals surface area contributed by atoms with Gasteiger partial charge in [-0.2, -0.15) is 0 Å². The van der Waals surface area contributed by atoms with E-state index in [2.05, 4.69) is 20.2 Å². The number of carbonyl (C=O) groups excluding carboxylic acids is 2. The zero-order valence-corrected chi connectivity index (χ0v) is 19.2. The lowest BCUT2D eigenvalue weighted by molar-refractivity contribution is -0.122. The van der Waals surface area contributed by atoms with E-state index in [-0.39, 0.29) is 11.8 Å². The van der Waals surface area contributed by atoms with Crippen LogP contribution in [0.3, 0.4) is 0 Å². The highest BCUT2D eigenvalue weighted by molar-refractivity contribution is 7.98. The van der Waals surface area contributed by atoms with Crippen molar-refractivity contribution >= 4 is 34.6 Å². The fourth-order valence-corrected chi connectivity index (χ4v) is 4.69. The summed E-state index contributed by atoms with van der Waals surface area (Å²) in [5.74, 6) is 0.778. The molecule has 7 nitrogen and oxygen atoms in total. The van der Waals surface area contributed by atoms with E-state index in [9.17, 15) is 9.59 Å². The van der Waals surface area contributed by atoms with Crippen LogP contribution < -0.4 is 5.32 Å². The number of rotatable bonds is 8. The average molecular weight is 452 g/mol. The van der Waals surface area contributed by atoms with Gasteiger partial charge in [0.25, 0.3) is 5.91 Å². The standard InChI is InChI=1S/C24H29N5O2S/c1-2-11-25-22(30)16-28-12-14-29(15-13-28)23(31)19-8-4-3-7-18(19)17-32-24-26-20-9-5-6-10-21(20)27-24/h3-10H,2,11-17H2,1H3,(H,25,30)(H,26,27). The predicted molar refractivity (Wildman–Crippen MR) is 128 cm³/mol. The van der Waals surface area contributed by atoms with Crippen LogP contribution in [0.2, 0.25) is 0 Å². The van der Waals surface area contributed by atoms with Crippen LogP contribution in [0.4, 0.5) is 0 Å². The molecule has 2 N–H and O–H groups in total. The summed E-state index contributed by atoms with van der Waals surface area (Å²) in [5.41, 5.74) is 3.70. The summed E-state index contributed by atoms with van der Waals surface area (Å²) in [4.78, 5) is 37.1. The number of piperazine rings is 1. The maximum atomic E-state index is 13.2. The molecule has 2 aromatic carbocycles. The number of fused-ring (bicyclic) bond motifs is 1. The Bertz CT molecular complexity index is 1040. The molecule has 1 saturated heterocycles. The summed E-state index contributed by atoms with van der Waals surface area (Å²) in [6, 6.07) is 15.8. The van der Waals surface area contributed by atoms with Crippen molar-refractivity contribution in [1.29, 1.82) is 0 Å². The summed E-state index contributed by atoms with van der Waals surface area (Å²) in [6.45, 7) is 5.82. The van der Waals surface area contributed by atoms with Crippen molar-refractivity contribution in [3.8, 4) is 0 Å². The normalized spacial score (nSPS) is 14.6. The average Bonchev–Trinajstić information content (AvgIpc) is 3.25. The SMILES string of the molecule is CCCNC(=O)CN1CCN(C(=O)c2ccccc2CSc2nc3ccccc3[nH]2)CC1. The lowest BCUT2D eigenvalue weighted by atomic mass is 10.1. The Kier molecular flexibility index (Phi) is 7.44. The molecule has 2 heterocycles. The first kappa shape index (κ1) is 22.4. The van der Waals surface area contributed by atoms with E-state index in [4.69, 9.17) is 0 Å². The van der Waals surface area contributed by atoms with Gasteiger partial charge in [-0.05, 0) is 30.2 Å². The number of nitrogens with one attached hydrogen (secondary N) is 2. The van der Waals surface area contributed by atoms with Gasteiger partial charge < -0.3 is 15.2 Å². The van der Waals surface area contributed by atoms with Gasteiger partial charge in [0.15, 0.2) is 5.16 Å². The van der Waals surface area contributed by atoms with E-state index in [0.717, 1.165) is 33.7 Å². The highest BCUT2D eigenvalue weighted by Crippen LogP contribution is 2.25. The predicted octanol–water partition coefficient (Wildman–Crippen LogP) is 3.14. The smallest absolute Gasteiger partial charge is 0.254 e. The number of aromatic nitrogens is 2. The number of nitrogens with zero attached hydrogens (tertiary/aromatic N) is 3. The minimum absolute atomic E-state index is 0.0552. The molecule has 0 saturated carbocycles. The summed E-state index contributed by atoms with van der Waals surface area (Å²) in [7, 11) is 0. The van der Waals surface area contributed by atoms with Crippen LogP contribution >= 0.6 is 11.8 Å². The van der Waals surface area contributed by atoms with Crippen LogP contribution in [0.5, 0.6) is 0 Å². The second-order valence-electron chi connectivity index (χ2n) is 7.92. The van der Waals surface area contributed by atoms with Crippen molar-refractivity contribution in [1.82, 2.24) is 25.1 Å². The number of benzene rings is 2. The molecule has 2 amide bonds. The molecule has 0 aliphatic carbocycles. The van der Waals surface area contributed by atoms with Crippen molar-refractivity contribution in [2.75, 3.05) is 39.3 Å². The number of amides is 2. The first-order chi connectivity index (χ1) is 15.6. The highest BCUT2D eigenvalue weighted by atomic mass is 32.2. The van der Waals surface area contributed by atoms with Crippen molar-refractivity contribution in [2.24, 2.45) is 0 Å². The number of para-hydroxylation sites is 2. The van der Waals surface area contributed by atoms with Gasteiger partial charge in [-0.3, -0.25) is 14.5 Å². The van der Waals surface area contributed by atoms with Crippen LogP contribution in [0.25, 0.3) is 11.0 Å². The van der Waals surface area contributed by atoms with Crippen LogP contribution in [0.1, 0.15) is 29.3 Å². The Morgan fingerprint density at radius 1 is 1.06 bits per heavy atom. The second kappa shape index (κ2) is 10.7. The van der Waals surface area contributed by atoms with E-state index in [1.807, 2.05) is 60.4 Å². The fourth-order valence-electron chi connectivity index (χ4n) is 3.80. The van der Waals surface area contributed by atoms with Crippen LogP contribution in [0, 0.1) is 0 Å². The minimum atomic E-state index is 0.0552. The van der Waals surface area contributed by atoms with Crippen LogP contribution in [-0.2, 0) is 10.5 Å². The van der Waals surface area contributed by atoms with E-state index in [1.165, 1.54) is 0 Å². The zero-order chi connectivity index (χ0) is 22.3. The molecule has 1 aliphatic heterocycles. The number of carbonyl (C=O) groups is 2. The maximum absolute atomic E-state index is 13.2. The first-order valence-electron chi connectivity index (χ1n) is 11.1. The van der Waals surface area contributed by atoms with Crippen molar-refractivity contribution in [3.63, 3.8) is 0 Å². The molecule has 0 unspecified atom stereocenters. The fraction of sp³-hybridized carbons (Fsp3) is 0.375. The Hall–Kier alpha value is -2.84. The molecule has 4 rings (SSSR count). The van der Waals surface area contributed by atoms with E-state index in [0.29, 0.717) is 45.0 Å². The Morgan fingerprint density at radius 3 is 2.59 bits per heavy atom. The molecule has 1 aromatic heterocycles. The topological polar surface area (TPSA) is 81.3 Å². The van der Waals surface area contributed by atoms with E-state index in [1.54, 1.807) is 11.8 Å². The van der Waals surface area contributed by atoms with Crippen LogP contribution in [-0.4, -0.2) is 70.9 Å². The molecule has 3 aromatic rings. The Balaban J connectivity index is 1.35. The van der Waals surface area contributed by atoms with E-state index < -0.39 is 0 Å². The third-order valence-corrected chi connectivity index (χ3v) is 6.50. The number of thioether (sulfide) groups is 1. The zero-order valence-electron chi connectivity index (χ0n) is 18.3. The molecule has 0 radical (unpaired) electrons. The minimum Gasteiger partial charge on any atom is -0.355 e. The summed E-state index contributed by atoms with van der Waals surface area (Å²) >= 11 is 1.60. The van der Waals surface area contributed by atoms with Gasteiger partial charge in [0.05, 0.1) is 17.6 Å². The van der Waals surface area contributed by atoms with Gasteiger partial charge in [0.1, 0.15) is 0 Å². The Labute approximate surface area is 192 Å². The highest BCUT2D eigenvalue weighted by Gasteiger charge is 2.24. The molecular formula is C24H29N5O2S. The largest absolute Gasteiger partial charge is 0.355 e. The quantitative estimate of drug-likeness (QED) is 0.514. The van der Waals surface area contributed by atoms with Gasteiger partial charge in [-0.1, -0.05) is 49.0 Å². The number of hydrogen-bond acceptors (Lipinski definition) is 5. The molecule has 8 heteroatoms. The van der Waals surface area contributed by atoms with Gasteiger partial charge in [0.2, 0.25) is 5.91 Å². The summed E-state index contributed by atoms with van der Waals surface area (Å²) in [5, 5.41) is 3.76. The molecule has 0 spiro atoms. The third kappa shape index (κ3) is 5.49. The van der Waals surface area contributed by atoms with Crippen LogP contribution in [0.15, 0.2) is 53.7 Å². The molecule has 1 fully saturated rings. The van der Waals surface area contributed by atoms with Gasteiger partial charge in [-0.15, -0.1) is 0 Å². The number of imidazole rings is 1. The molecule has 0 bridgehead atoms. The lowest BCUT2D eigenvalue weighted by Crippen LogP contribution is -2.51. The van der Waals surface area contributed by atoms with Gasteiger partial charge in [0, 0.05) is 44.0 Å². The molecule has 0 atom stereocenters. The molecular weight excluding hydrogens is 422 g/mol. The number of H-pyrrole nitrogens is 1. The van der Waals surface area contributed by atoms with Crippen molar-refractivity contribution in [3.05, 3.63) is 59.7 Å². The maximum Gasteiger partial charge on any atom is 0.254 e. The van der Waals surface area contributed by atoms with Gasteiger partial charge in [-0.25, -0.2) is 4.98 Å². The van der Waals surface area contributed by atoms with Crippen molar-refractivity contribution in [2.45, 2.75) is 24.3 Å².